The van der Waals surface area contributed by atoms with Crippen LogP contribution in [0.5, 0.6) is 0 Å². The first kappa shape index (κ1) is 15.2. The molecule has 2 amide bonds. The number of rotatable bonds is 6. The molecule has 4 heteroatoms. The molecule has 1 atom stereocenters. The first-order valence-electron chi connectivity index (χ1n) is 6.77. The molecule has 1 unspecified atom stereocenters. The van der Waals surface area contributed by atoms with E-state index in [1.807, 2.05) is 20.8 Å². The van der Waals surface area contributed by atoms with Crippen LogP contribution in [-0.2, 0) is 0 Å². The van der Waals surface area contributed by atoms with Gasteiger partial charge in [0.15, 0.2) is 0 Å². The zero-order chi connectivity index (χ0) is 14.3. The van der Waals surface area contributed by atoms with Crippen molar-refractivity contribution in [2.24, 2.45) is 0 Å². The number of nitrogens with one attached hydrogen (secondary N) is 2. The van der Waals surface area contributed by atoms with Gasteiger partial charge < -0.3 is 10.6 Å². The molecule has 4 nitrogen and oxygen atoms in total. The number of amides is 2. The van der Waals surface area contributed by atoms with Gasteiger partial charge >= 0.3 is 0 Å². The molecule has 0 aliphatic carbocycles. The summed E-state index contributed by atoms with van der Waals surface area (Å²) in [6, 6.07) is 6.87. The van der Waals surface area contributed by atoms with Gasteiger partial charge in [-0.1, -0.05) is 13.8 Å². The fourth-order valence-electron chi connectivity index (χ4n) is 1.52. The Hall–Kier alpha value is -1.84. The third-order valence-corrected chi connectivity index (χ3v) is 2.93. The monoisotopic (exact) mass is 262 g/mol. The predicted octanol–water partition coefficient (Wildman–Crippen LogP) is 2.35. The van der Waals surface area contributed by atoms with Gasteiger partial charge in [0.2, 0.25) is 0 Å². The van der Waals surface area contributed by atoms with Crippen molar-refractivity contribution < 1.29 is 9.59 Å². The van der Waals surface area contributed by atoms with Gasteiger partial charge in [-0.25, -0.2) is 0 Å². The van der Waals surface area contributed by atoms with Crippen molar-refractivity contribution in [2.45, 2.75) is 39.7 Å². The van der Waals surface area contributed by atoms with E-state index in [2.05, 4.69) is 10.6 Å². The van der Waals surface area contributed by atoms with E-state index in [0.717, 1.165) is 12.8 Å². The Balaban J connectivity index is 2.65. The molecule has 0 saturated heterocycles. The highest BCUT2D eigenvalue weighted by atomic mass is 16.2. The maximum atomic E-state index is 11.9. The summed E-state index contributed by atoms with van der Waals surface area (Å²) in [5, 5.41) is 5.69. The van der Waals surface area contributed by atoms with Gasteiger partial charge in [0.05, 0.1) is 0 Å². The lowest BCUT2D eigenvalue weighted by Gasteiger charge is -2.11. The first-order chi connectivity index (χ1) is 9.08. The number of benzene rings is 1. The fraction of sp³-hybridized carbons (Fsp3) is 0.467. The van der Waals surface area contributed by atoms with Gasteiger partial charge in [-0.3, -0.25) is 9.59 Å². The average molecular weight is 262 g/mol. The number of carbonyl (C=O) groups is 2. The summed E-state index contributed by atoms with van der Waals surface area (Å²) in [6.45, 7) is 6.65. The molecule has 104 valence electrons. The zero-order valence-corrected chi connectivity index (χ0v) is 11.8. The lowest BCUT2D eigenvalue weighted by molar-refractivity contribution is 0.0932. The van der Waals surface area contributed by atoms with Crippen LogP contribution in [0.1, 0.15) is 54.3 Å². The fourth-order valence-corrected chi connectivity index (χ4v) is 1.52. The minimum absolute atomic E-state index is 0.101. The van der Waals surface area contributed by atoms with Crippen LogP contribution in [0, 0.1) is 0 Å². The third kappa shape index (κ3) is 4.73. The van der Waals surface area contributed by atoms with Gasteiger partial charge in [0.25, 0.3) is 11.8 Å². The topological polar surface area (TPSA) is 58.2 Å². The van der Waals surface area contributed by atoms with Crippen LogP contribution in [0.4, 0.5) is 0 Å². The first-order valence-corrected chi connectivity index (χ1v) is 6.77. The van der Waals surface area contributed by atoms with Crippen LogP contribution in [-0.4, -0.2) is 24.4 Å². The summed E-state index contributed by atoms with van der Waals surface area (Å²) in [5.74, 6) is -0.203. The summed E-state index contributed by atoms with van der Waals surface area (Å²) in [6.07, 6.45) is 1.80. The molecule has 0 bridgehead atoms. The largest absolute Gasteiger partial charge is 0.352 e. The maximum Gasteiger partial charge on any atom is 0.251 e. The van der Waals surface area contributed by atoms with Crippen molar-refractivity contribution in [3.8, 4) is 0 Å². The predicted molar refractivity (Wildman–Crippen MR) is 76.3 cm³/mol. The lowest BCUT2D eigenvalue weighted by atomic mass is 10.1. The molecular weight excluding hydrogens is 240 g/mol. The highest BCUT2D eigenvalue weighted by molar-refractivity contribution is 5.97. The molecular formula is C15H22N2O2. The van der Waals surface area contributed by atoms with Crippen molar-refractivity contribution in [2.75, 3.05) is 6.54 Å². The van der Waals surface area contributed by atoms with E-state index in [1.165, 1.54) is 0 Å². The minimum atomic E-state index is -0.102. The van der Waals surface area contributed by atoms with E-state index in [0.29, 0.717) is 17.7 Å². The van der Waals surface area contributed by atoms with Crippen molar-refractivity contribution in [3.63, 3.8) is 0 Å². The molecule has 19 heavy (non-hydrogen) atoms. The van der Waals surface area contributed by atoms with Gasteiger partial charge in [-0.05, 0) is 44.0 Å². The van der Waals surface area contributed by atoms with Crippen LogP contribution in [0.15, 0.2) is 24.3 Å². The summed E-state index contributed by atoms with van der Waals surface area (Å²) < 4.78 is 0. The molecule has 2 N–H and O–H groups in total. The molecule has 0 saturated carbocycles. The van der Waals surface area contributed by atoms with E-state index in [9.17, 15) is 9.59 Å². The van der Waals surface area contributed by atoms with Crippen molar-refractivity contribution >= 4 is 11.8 Å². The normalized spacial score (nSPS) is 11.7. The van der Waals surface area contributed by atoms with Crippen LogP contribution >= 0.6 is 0 Å². The van der Waals surface area contributed by atoms with Crippen LogP contribution in [0.3, 0.4) is 0 Å². The Kier molecular flexibility index (Phi) is 6.06. The van der Waals surface area contributed by atoms with Crippen LogP contribution in [0.2, 0.25) is 0 Å². The second-order valence-corrected chi connectivity index (χ2v) is 4.62. The number of hydrogen-bond donors (Lipinski definition) is 2. The summed E-state index contributed by atoms with van der Waals surface area (Å²) in [7, 11) is 0. The Morgan fingerprint density at radius 3 is 2.05 bits per heavy atom. The van der Waals surface area contributed by atoms with E-state index in [4.69, 9.17) is 0 Å². The molecule has 0 fully saturated rings. The van der Waals surface area contributed by atoms with E-state index in [-0.39, 0.29) is 17.9 Å². The molecule has 1 aromatic carbocycles. The quantitative estimate of drug-likeness (QED) is 0.826. The smallest absolute Gasteiger partial charge is 0.251 e. The van der Waals surface area contributed by atoms with Gasteiger partial charge in [-0.2, -0.15) is 0 Å². The Bertz CT molecular complexity index is 426. The van der Waals surface area contributed by atoms with E-state index < -0.39 is 0 Å². The molecule has 0 spiro atoms. The Labute approximate surface area is 114 Å². The number of hydrogen-bond acceptors (Lipinski definition) is 2. The van der Waals surface area contributed by atoms with Crippen LogP contribution in [0.25, 0.3) is 0 Å². The third-order valence-electron chi connectivity index (χ3n) is 2.93. The number of carbonyl (C=O) groups excluding carboxylic acids is 2. The van der Waals surface area contributed by atoms with Gasteiger partial charge in [0.1, 0.15) is 0 Å². The Morgan fingerprint density at radius 2 is 1.58 bits per heavy atom. The molecule has 1 aromatic rings. The second-order valence-electron chi connectivity index (χ2n) is 4.62. The maximum absolute atomic E-state index is 11.9. The summed E-state index contributed by atoms with van der Waals surface area (Å²) in [4.78, 5) is 23.6. The average Bonchev–Trinajstić information content (AvgIpc) is 2.44. The summed E-state index contributed by atoms with van der Waals surface area (Å²) in [5.41, 5.74) is 1.15. The molecule has 1 rings (SSSR count). The van der Waals surface area contributed by atoms with Gasteiger partial charge in [0, 0.05) is 23.7 Å². The molecule has 0 aromatic heterocycles. The van der Waals surface area contributed by atoms with Crippen molar-refractivity contribution in [3.05, 3.63) is 35.4 Å². The molecule has 0 aliphatic heterocycles. The molecule has 0 aliphatic rings. The lowest BCUT2D eigenvalue weighted by Crippen LogP contribution is -2.32. The zero-order valence-electron chi connectivity index (χ0n) is 11.8. The summed E-state index contributed by atoms with van der Waals surface area (Å²) >= 11 is 0. The Morgan fingerprint density at radius 1 is 1.05 bits per heavy atom. The molecule has 0 radical (unpaired) electrons. The van der Waals surface area contributed by atoms with Crippen LogP contribution < -0.4 is 10.6 Å². The highest BCUT2D eigenvalue weighted by Crippen LogP contribution is 2.05. The second kappa shape index (κ2) is 7.56. The van der Waals surface area contributed by atoms with Gasteiger partial charge in [-0.15, -0.1) is 0 Å². The van der Waals surface area contributed by atoms with E-state index >= 15 is 0 Å². The highest BCUT2D eigenvalue weighted by Gasteiger charge is 2.10. The standard InChI is InChI=1S/C15H22N2O2/c1-4-10-16-14(18)12-6-8-13(9-7-12)15(19)17-11(3)5-2/h6-9,11H,4-5,10H2,1-3H3,(H,16,18)(H,17,19). The SMILES string of the molecule is CCCNC(=O)c1ccc(C(=O)NC(C)CC)cc1. The minimum Gasteiger partial charge on any atom is -0.352 e. The van der Waals surface area contributed by atoms with E-state index in [1.54, 1.807) is 24.3 Å². The van der Waals surface area contributed by atoms with Crippen molar-refractivity contribution in [1.82, 2.24) is 10.6 Å². The van der Waals surface area contributed by atoms with Crippen molar-refractivity contribution in [1.29, 1.82) is 0 Å². The molecule has 0 heterocycles.